The monoisotopic (exact) mass is 522 g/mol. The minimum absolute atomic E-state index is 0.0351. The number of ketones is 1. The number of ether oxygens (including phenoxy) is 1. The van der Waals surface area contributed by atoms with E-state index in [0.717, 1.165) is 29.5 Å². The van der Waals surface area contributed by atoms with E-state index in [2.05, 4.69) is 10.3 Å². The summed E-state index contributed by atoms with van der Waals surface area (Å²) in [5.41, 5.74) is 4.15. The lowest BCUT2D eigenvalue weighted by Crippen LogP contribution is -2.51. The standard InChI is InChI=1S/C28H31ClN4O4/c1-16(2)23(31-28(36)37-4)27(35)33-15-5-6-22(33)26-30-24(25(29)32-26)21-13-11-20(12-14-21)19-9-7-18(8-10-19)17(3)34/h7-14,16,22-23H,5-6,15H2,1-4H3,(H,30,32)(H,31,36). The van der Waals surface area contributed by atoms with Crippen molar-refractivity contribution in [1.29, 1.82) is 0 Å². The van der Waals surface area contributed by atoms with Crippen LogP contribution in [0.2, 0.25) is 5.15 Å². The second-order valence-corrected chi connectivity index (χ2v) is 9.92. The molecular formula is C28H31ClN4O4. The van der Waals surface area contributed by atoms with E-state index < -0.39 is 12.1 Å². The molecule has 1 aromatic heterocycles. The predicted molar refractivity (Wildman–Crippen MR) is 142 cm³/mol. The van der Waals surface area contributed by atoms with Crippen LogP contribution in [0.15, 0.2) is 48.5 Å². The summed E-state index contributed by atoms with van der Waals surface area (Å²) < 4.78 is 4.70. The highest BCUT2D eigenvalue weighted by atomic mass is 35.5. The molecule has 0 spiro atoms. The fraction of sp³-hybridized carbons (Fsp3) is 0.357. The first-order valence-corrected chi connectivity index (χ1v) is 12.7. The zero-order valence-electron chi connectivity index (χ0n) is 21.4. The lowest BCUT2D eigenvalue weighted by atomic mass is 10.0. The fourth-order valence-corrected chi connectivity index (χ4v) is 4.88. The van der Waals surface area contributed by atoms with Gasteiger partial charge in [0.1, 0.15) is 22.7 Å². The number of carbonyl (C=O) groups is 3. The number of Topliss-reactive ketones (excluding diaryl/α,β-unsaturated/α-hetero) is 1. The summed E-state index contributed by atoms with van der Waals surface area (Å²) in [4.78, 5) is 46.4. The smallest absolute Gasteiger partial charge is 0.407 e. The zero-order chi connectivity index (χ0) is 26.7. The third-order valence-corrected chi connectivity index (χ3v) is 6.98. The molecule has 2 aromatic carbocycles. The van der Waals surface area contributed by atoms with Gasteiger partial charge in [0, 0.05) is 17.7 Å². The van der Waals surface area contributed by atoms with Crippen molar-refractivity contribution in [3.8, 4) is 22.4 Å². The van der Waals surface area contributed by atoms with Crippen molar-refractivity contribution in [3.05, 3.63) is 65.1 Å². The molecule has 2 amide bonds. The number of benzene rings is 2. The van der Waals surface area contributed by atoms with Gasteiger partial charge >= 0.3 is 6.09 Å². The SMILES string of the molecule is COC(=O)NC(C(=O)N1CCCC1c1nc(-c2ccc(-c3ccc(C(C)=O)cc3)cc2)c(Cl)[nH]1)C(C)C. The van der Waals surface area contributed by atoms with Gasteiger partial charge in [0.15, 0.2) is 5.78 Å². The van der Waals surface area contributed by atoms with Gasteiger partial charge in [0.05, 0.1) is 13.2 Å². The quantitative estimate of drug-likeness (QED) is 0.390. The number of H-pyrrole nitrogens is 1. The van der Waals surface area contributed by atoms with E-state index in [1.807, 2.05) is 62.4 Å². The average Bonchev–Trinajstić information content (AvgIpc) is 3.53. The Labute approximate surface area is 221 Å². The number of aromatic nitrogens is 2. The summed E-state index contributed by atoms with van der Waals surface area (Å²) >= 11 is 6.56. The Balaban J connectivity index is 1.54. The lowest BCUT2D eigenvalue weighted by molar-refractivity contribution is -0.135. The van der Waals surface area contributed by atoms with Gasteiger partial charge in [-0.2, -0.15) is 0 Å². The largest absolute Gasteiger partial charge is 0.453 e. The van der Waals surface area contributed by atoms with Crippen molar-refractivity contribution in [2.45, 2.75) is 45.7 Å². The van der Waals surface area contributed by atoms with Crippen LogP contribution in [0.5, 0.6) is 0 Å². The van der Waals surface area contributed by atoms with Crippen LogP contribution >= 0.6 is 11.6 Å². The number of aromatic amines is 1. The molecule has 2 N–H and O–H groups in total. The molecule has 1 fully saturated rings. The van der Waals surface area contributed by atoms with Crippen molar-refractivity contribution in [1.82, 2.24) is 20.2 Å². The number of methoxy groups -OCH3 is 1. The number of amides is 2. The molecule has 1 saturated heterocycles. The topological polar surface area (TPSA) is 104 Å². The first-order valence-electron chi connectivity index (χ1n) is 12.3. The van der Waals surface area contributed by atoms with Crippen LogP contribution in [-0.2, 0) is 9.53 Å². The zero-order valence-corrected chi connectivity index (χ0v) is 22.1. The summed E-state index contributed by atoms with van der Waals surface area (Å²) in [7, 11) is 1.28. The van der Waals surface area contributed by atoms with Crippen molar-refractivity contribution in [2.75, 3.05) is 13.7 Å². The Kier molecular flexibility index (Phi) is 7.97. The summed E-state index contributed by atoms with van der Waals surface area (Å²) in [6.07, 6.45) is 0.932. The molecule has 2 heterocycles. The van der Waals surface area contributed by atoms with E-state index >= 15 is 0 Å². The summed E-state index contributed by atoms with van der Waals surface area (Å²) in [5, 5.41) is 3.06. The fourth-order valence-electron chi connectivity index (χ4n) is 4.63. The molecule has 4 rings (SSSR count). The summed E-state index contributed by atoms with van der Waals surface area (Å²) in [6.45, 7) is 5.88. The molecule has 8 nitrogen and oxygen atoms in total. The van der Waals surface area contributed by atoms with Crippen LogP contribution in [0.4, 0.5) is 4.79 Å². The van der Waals surface area contributed by atoms with Crippen molar-refractivity contribution >= 4 is 29.4 Å². The molecule has 9 heteroatoms. The Morgan fingerprint density at radius 1 is 1.05 bits per heavy atom. The number of halogens is 1. The molecular weight excluding hydrogens is 492 g/mol. The normalized spacial score (nSPS) is 16.1. The molecule has 0 saturated carbocycles. The molecule has 1 aliphatic heterocycles. The molecule has 0 aliphatic carbocycles. The second kappa shape index (κ2) is 11.2. The van der Waals surface area contributed by atoms with Gasteiger partial charge in [-0.25, -0.2) is 9.78 Å². The van der Waals surface area contributed by atoms with Gasteiger partial charge in [0.2, 0.25) is 5.91 Å². The first kappa shape index (κ1) is 26.4. The van der Waals surface area contributed by atoms with Gasteiger partial charge in [-0.1, -0.05) is 74.0 Å². The first-order chi connectivity index (χ1) is 17.7. The highest BCUT2D eigenvalue weighted by Crippen LogP contribution is 2.35. The number of hydrogen-bond donors (Lipinski definition) is 2. The van der Waals surface area contributed by atoms with E-state index in [9.17, 15) is 14.4 Å². The van der Waals surface area contributed by atoms with Gasteiger partial charge in [-0.3, -0.25) is 9.59 Å². The van der Waals surface area contributed by atoms with Gasteiger partial charge in [-0.05, 0) is 36.8 Å². The number of hydrogen-bond acceptors (Lipinski definition) is 5. The lowest BCUT2D eigenvalue weighted by Gasteiger charge is -2.29. The number of nitrogens with zero attached hydrogens (tertiary/aromatic N) is 2. The molecule has 194 valence electrons. The average molecular weight is 523 g/mol. The van der Waals surface area contributed by atoms with E-state index in [0.29, 0.717) is 28.8 Å². The summed E-state index contributed by atoms with van der Waals surface area (Å²) in [6, 6.07) is 14.4. The second-order valence-electron chi connectivity index (χ2n) is 9.54. The third kappa shape index (κ3) is 5.69. The van der Waals surface area contributed by atoms with Crippen LogP contribution in [0.25, 0.3) is 22.4 Å². The highest BCUT2D eigenvalue weighted by molar-refractivity contribution is 6.31. The molecule has 37 heavy (non-hydrogen) atoms. The molecule has 0 bridgehead atoms. The predicted octanol–water partition coefficient (Wildman–Crippen LogP) is 5.64. The maximum absolute atomic E-state index is 13.4. The number of nitrogens with one attached hydrogen (secondary N) is 2. The minimum Gasteiger partial charge on any atom is -0.453 e. The third-order valence-electron chi connectivity index (χ3n) is 6.70. The van der Waals surface area contributed by atoms with E-state index in [-0.39, 0.29) is 23.7 Å². The maximum atomic E-state index is 13.4. The van der Waals surface area contributed by atoms with Gasteiger partial charge in [0.25, 0.3) is 0 Å². The Morgan fingerprint density at radius 2 is 1.65 bits per heavy atom. The van der Waals surface area contributed by atoms with Crippen LogP contribution in [-0.4, -0.2) is 52.3 Å². The number of likely N-dealkylation sites (tertiary alicyclic amines) is 1. The van der Waals surface area contributed by atoms with Gasteiger partial charge in [-0.15, -0.1) is 0 Å². The van der Waals surface area contributed by atoms with E-state index in [1.165, 1.54) is 7.11 Å². The Hall–Kier alpha value is -3.65. The van der Waals surface area contributed by atoms with E-state index in [1.54, 1.807) is 11.8 Å². The van der Waals surface area contributed by atoms with Crippen molar-refractivity contribution in [3.63, 3.8) is 0 Å². The molecule has 2 unspecified atom stereocenters. The number of imidazole rings is 1. The van der Waals surface area contributed by atoms with Gasteiger partial charge < -0.3 is 19.9 Å². The number of carbonyl (C=O) groups excluding carboxylic acids is 3. The van der Waals surface area contributed by atoms with Crippen LogP contribution < -0.4 is 5.32 Å². The van der Waals surface area contributed by atoms with E-state index in [4.69, 9.17) is 21.3 Å². The molecule has 3 aromatic rings. The van der Waals surface area contributed by atoms with Crippen molar-refractivity contribution in [2.24, 2.45) is 5.92 Å². The number of rotatable bonds is 7. The molecule has 0 radical (unpaired) electrons. The number of alkyl carbamates (subject to hydrolysis) is 1. The maximum Gasteiger partial charge on any atom is 0.407 e. The van der Waals surface area contributed by atoms with Crippen LogP contribution in [0.1, 0.15) is 55.8 Å². The van der Waals surface area contributed by atoms with Crippen LogP contribution in [0, 0.1) is 5.92 Å². The Bertz CT molecular complexity index is 1280. The summed E-state index contributed by atoms with van der Waals surface area (Å²) in [5.74, 6) is 0.376. The van der Waals surface area contributed by atoms with Crippen molar-refractivity contribution < 1.29 is 19.1 Å². The highest BCUT2D eigenvalue weighted by Gasteiger charge is 2.37. The van der Waals surface area contributed by atoms with Crippen LogP contribution in [0.3, 0.4) is 0 Å². The minimum atomic E-state index is -0.699. The molecule has 1 aliphatic rings. The molecule has 2 atom stereocenters. The Morgan fingerprint density at radius 3 is 2.22 bits per heavy atom.